The van der Waals surface area contributed by atoms with Gasteiger partial charge in [-0.1, -0.05) is 5.57 Å². The summed E-state index contributed by atoms with van der Waals surface area (Å²) in [5, 5.41) is 5.50. The third-order valence-electron chi connectivity index (χ3n) is 2.05. The summed E-state index contributed by atoms with van der Waals surface area (Å²) >= 11 is 0. The molecule has 0 aliphatic carbocycles. The Morgan fingerprint density at radius 3 is 2.86 bits per heavy atom. The van der Waals surface area contributed by atoms with Gasteiger partial charge in [0.1, 0.15) is 0 Å². The molecule has 0 saturated carbocycles. The maximum absolute atomic E-state index is 11.2. The molecule has 1 atom stereocenters. The van der Waals surface area contributed by atoms with Crippen LogP contribution in [0.1, 0.15) is 20.3 Å². The molecule has 1 aliphatic rings. The number of rotatable bonds is 3. The lowest BCUT2D eigenvalue weighted by Gasteiger charge is -2.07. The second-order valence-corrected chi connectivity index (χ2v) is 3.84. The van der Waals surface area contributed by atoms with Gasteiger partial charge < -0.3 is 10.6 Å². The number of carbonyl (C=O) groups is 2. The summed E-state index contributed by atoms with van der Waals surface area (Å²) in [6.45, 7) is 5.00. The van der Waals surface area contributed by atoms with Gasteiger partial charge in [-0.25, -0.2) is 0 Å². The average Bonchev–Trinajstić information content (AvgIpc) is 2.47. The van der Waals surface area contributed by atoms with Crippen molar-refractivity contribution in [1.82, 2.24) is 10.6 Å². The van der Waals surface area contributed by atoms with E-state index in [0.717, 1.165) is 5.57 Å². The topological polar surface area (TPSA) is 58.2 Å². The van der Waals surface area contributed by atoms with Gasteiger partial charge in [0.05, 0.1) is 0 Å². The van der Waals surface area contributed by atoms with E-state index in [9.17, 15) is 9.59 Å². The molecule has 0 aromatic carbocycles. The largest absolute Gasteiger partial charge is 0.356 e. The van der Waals surface area contributed by atoms with Crippen LogP contribution in [0, 0.1) is 5.92 Å². The maximum Gasteiger partial charge on any atom is 0.243 e. The van der Waals surface area contributed by atoms with Crippen LogP contribution in [0.25, 0.3) is 0 Å². The van der Waals surface area contributed by atoms with E-state index in [1.807, 2.05) is 13.8 Å². The van der Waals surface area contributed by atoms with Crippen molar-refractivity contribution in [3.8, 4) is 0 Å². The van der Waals surface area contributed by atoms with Crippen molar-refractivity contribution < 1.29 is 9.59 Å². The van der Waals surface area contributed by atoms with Gasteiger partial charge in [-0.15, -0.1) is 0 Å². The van der Waals surface area contributed by atoms with Crippen molar-refractivity contribution in [2.24, 2.45) is 5.92 Å². The van der Waals surface area contributed by atoms with Crippen LogP contribution in [0.3, 0.4) is 0 Å². The van der Waals surface area contributed by atoms with Gasteiger partial charge in [0, 0.05) is 31.5 Å². The summed E-state index contributed by atoms with van der Waals surface area (Å²) in [6.07, 6.45) is 2.08. The summed E-state index contributed by atoms with van der Waals surface area (Å²) in [6, 6.07) is 0. The zero-order valence-corrected chi connectivity index (χ0v) is 8.59. The Labute approximate surface area is 83.8 Å². The van der Waals surface area contributed by atoms with E-state index in [4.69, 9.17) is 0 Å². The molecule has 0 aromatic rings. The smallest absolute Gasteiger partial charge is 0.243 e. The lowest BCUT2D eigenvalue weighted by molar-refractivity contribution is -0.120. The molecular formula is C10H16N2O2. The summed E-state index contributed by atoms with van der Waals surface area (Å²) in [5.74, 6) is 0.243. The second-order valence-electron chi connectivity index (χ2n) is 3.84. The predicted molar refractivity (Wildman–Crippen MR) is 53.6 cm³/mol. The van der Waals surface area contributed by atoms with Gasteiger partial charge in [-0.05, 0) is 13.8 Å². The van der Waals surface area contributed by atoms with Crippen LogP contribution in [0.5, 0.6) is 0 Å². The van der Waals surface area contributed by atoms with Crippen molar-refractivity contribution in [1.29, 1.82) is 0 Å². The molecule has 1 saturated heterocycles. The van der Waals surface area contributed by atoms with Crippen LogP contribution in [-0.2, 0) is 9.59 Å². The molecule has 0 bridgehead atoms. The van der Waals surface area contributed by atoms with Crippen LogP contribution in [0.4, 0.5) is 0 Å². The quantitative estimate of drug-likeness (QED) is 0.634. The standard InChI is InChI=1S/C10H16N2O2/c1-7(2)3-9(13)11-5-8-4-10(14)12-6-8/h3,8H,4-6H2,1-2H3,(H,11,13)(H,12,14). The first-order valence-corrected chi connectivity index (χ1v) is 4.77. The van der Waals surface area contributed by atoms with Gasteiger partial charge >= 0.3 is 0 Å². The Hall–Kier alpha value is -1.32. The van der Waals surface area contributed by atoms with E-state index in [1.54, 1.807) is 6.08 Å². The predicted octanol–water partition coefficient (Wildman–Crippen LogP) is 0.205. The Morgan fingerprint density at radius 2 is 2.36 bits per heavy atom. The zero-order chi connectivity index (χ0) is 10.6. The van der Waals surface area contributed by atoms with Gasteiger partial charge in [0.25, 0.3) is 0 Å². The first-order valence-electron chi connectivity index (χ1n) is 4.77. The normalized spacial score (nSPS) is 20.1. The molecule has 2 N–H and O–H groups in total. The van der Waals surface area contributed by atoms with Crippen LogP contribution in [-0.4, -0.2) is 24.9 Å². The first kappa shape index (κ1) is 10.8. The molecule has 14 heavy (non-hydrogen) atoms. The van der Waals surface area contributed by atoms with Crippen LogP contribution in [0.2, 0.25) is 0 Å². The van der Waals surface area contributed by atoms with Crippen molar-refractivity contribution in [2.75, 3.05) is 13.1 Å². The van der Waals surface area contributed by atoms with E-state index in [2.05, 4.69) is 10.6 Å². The molecule has 4 nitrogen and oxygen atoms in total. The minimum absolute atomic E-state index is 0.0754. The third-order valence-corrected chi connectivity index (χ3v) is 2.05. The molecule has 1 unspecified atom stereocenters. The molecular weight excluding hydrogens is 180 g/mol. The van der Waals surface area contributed by atoms with Gasteiger partial charge in [0.2, 0.25) is 11.8 Å². The number of allylic oxidation sites excluding steroid dienone is 1. The molecule has 4 heteroatoms. The number of amides is 2. The van der Waals surface area contributed by atoms with E-state index in [0.29, 0.717) is 19.5 Å². The number of nitrogens with one attached hydrogen (secondary N) is 2. The molecule has 2 amide bonds. The Balaban J connectivity index is 2.24. The minimum Gasteiger partial charge on any atom is -0.356 e. The van der Waals surface area contributed by atoms with Crippen molar-refractivity contribution in [2.45, 2.75) is 20.3 Å². The van der Waals surface area contributed by atoms with Crippen LogP contribution in [0.15, 0.2) is 11.6 Å². The summed E-state index contributed by atoms with van der Waals surface area (Å²) in [4.78, 5) is 22.0. The fourth-order valence-electron chi connectivity index (χ4n) is 1.37. The van der Waals surface area contributed by atoms with Crippen molar-refractivity contribution in [3.05, 3.63) is 11.6 Å². The fourth-order valence-corrected chi connectivity index (χ4v) is 1.37. The van der Waals surface area contributed by atoms with Crippen molar-refractivity contribution >= 4 is 11.8 Å². The van der Waals surface area contributed by atoms with Crippen molar-refractivity contribution in [3.63, 3.8) is 0 Å². The minimum atomic E-state index is -0.0793. The maximum atomic E-state index is 11.2. The molecule has 1 aliphatic heterocycles. The Morgan fingerprint density at radius 1 is 1.64 bits per heavy atom. The summed E-state index contributed by atoms with van der Waals surface area (Å²) in [5.41, 5.74) is 0.975. The molecule has 0 spiro atoms. The van der Waals surface area contributed by atoms with Gasteiger partial charge in [-0.2, -0.15) is 0 Å². The highest BCUT2D eigenvalue weighted by molar-refractivity contribution is 5.88. The highest BCUT2D eigenvalue weighted by Crippen LogP contribution is 2.06. The summed E-state index contributed by atoms with van der Waals surface area (Å²) < 4.78 is 0. The van der Waals surface area contributed by atoms with Gasteiger partial charge in [0.15, 0.2) is 0 Å². The highest BCUT2D eigenvalue weighted by atomic mass is 16.2. The molecule has 1 heterocycles. The van der Waals surface area contributed by atoms with Crippen LogP contribution >= 0.6 is 0 Å². The van der Waals surface area contributed by atoms with E-state index in [-0.39, 0.29) is 17.7 Å². The molecule has 1 rings (SSSR count). The Kier molecular flexibility index (Phi) is 3.68. The summed E-state index contributed by atoms with van der Waals surface area (Å²) in [7, 11) is 0. The molecule has 0 radical (unpaired) electrons. The highest BCUT2D eigenvalue weighted by Gasteiger charge is 2.21. The second kappa shape index (κ2) is 4.79. The lowest BCUT2D eigenvalue weighted by atomic mass is 10.1. The van der Waals surface area contributed by atoms with E-state index >= 15 is 0 Å². The average molecular weight is 196 g/mol. The number of hydrogen-bond acceptors (Lipinski definition) is 2. The molecule has 1 fully saturated rings. The molecule has 78 valence electrons. The number of hydrogen-bond donors (Lipinski definition) is 2. The van der Waals surface area contributed by atoms with E-state index < -0.39 is 0 Å². The SMILES string of the molecule is CC(C)=CC(=O)NCC1CNC(=O)C1. The van der Waals surface area contributed by atoms with E-state index in [1.165, 1.54) is 0 Å². The van der Waals surface area contributed by atoms with Gasteiger partial charge in [-0.3, -0.25) is 9.59 Å². The molecule has 0 aromatic heterocycles. The Bertz CT molecular complexity index is 267. The monoisotopic (exact) mass is 196 g/mol. The fraction of sp³-hybridized carbons (Fsp3) is 0.600. The first-order chi connectivity index (χ1) is 6.58. The third kappa shape index (κ3) is 3.60. The zero-order valence-electron chi connectivity index (χ0n) is 8.59. The number of carbonyl (C=O) groups excluding carboxylic acids is 2. The van der Waals surface area contributed by atoms with Crippen LogP contribution < -0.4 is 10.6 Å². The lowest BCUT2D eigenvalue weighted by Crippen LogP contribution is -2.28.